The summed E-state index contributed by atoms with van der Waals surface area (Å²) in [5, 5.41) is 0. The first-order valence-corrected chi connectivity index (χ1v) is 6.81. The largest absolute Gasteiger partial charge is 0.380 e. The fourth-order valence-corrected chi connectivity index (χ4v) is 3.42. The van der Waals surface area contributed by atoms with Gasteiger partial charge in [0.25, 0.3) is 0 Å². The summed E-state index contributed by atoms with van der Waals surface area (Å²) in [7, 11) is -1.54. The lowest BCUT2D eigenvalue weighted by molar-refractivity contribution is 0.0572. The van der Waals surface area contributed by atoms with Gasteiger partial charge in [0, 0.05) is 26.1 Å². The number of hydrogen-bond acceptors (Lipinski definition) is 3. The number of hydrogen-bond donors (Lipinski definition) is 0. The summed E-state index contributed by atoms with van der Waals surface area (Å²) in [5.74, 6) is 0.168. The second kappa shape index (κ2) is 5.30. The minimum Gasteiger partial charge on any atom is -0.380 e. The molecule has 0 saturated carbocycles. The number of piperidine rings is 1. The van der Waals surface area contributed by atoms with Gasteiger partial charge in [-0.2, -0.15) is 4.31 Å². The molecule has 1 unspecified atom stereocenters. The van der Waals surface area contributed by atoms with Gasteiger partial charge in [-0.15, -0.1) is 11.6 Å². The average Bonchev–Trinajstić information content (AvgIpc) is 2.18. The van der Waals surface area contributed by atoms with Crippen LogP contribution < -0.4 is 0 Å². The maximum Gasteiger partial charge on any atom is 0.215 e. The van der Waals surface area contributed by atoms with Gasteiger partial charge in [0.15, 0.2) is 0 Å². The van der Waals surface area contributed by atoms with Crippen molar-refractivity contribution in [2.45, 2.75) is 18.9 Å². The Kier molecular flexibility index (Phi) is 4.63. The molecule has 6 heteroatoms. The molecular formula is C8H16ClNO3S. The normalized spacial score (nSPS) is 25.1. The Bertz CT molecular complexity index is 268. The molecule has 1 fully saturated rings. The lowest BCUT2D eigenvalue weighted by atomic mass is 10.1. The lowest BCUT2D eigenvalue weighted by Gasteiger charge is -2.30. The quantitative estimate of drug-likeness (QED) is 0.680. The number of sulfonamides is 1. The summed E-state index contributed by atoms with van der Waals surface area (Å²) in [4.78, 5) is 0. The molecule has 0 N–H and O–H groups in total. The van der Waals surface area contributed by atoms with E-state index in [1.54, 1.807) is 7.11 Å². The van der Waals surface area contributed by atoms with Crippen molar-refractivity contribution < 1.29 is 13.2 Å². The van der Waals surface area contributed by atoms with Crippen LogP contribution in [0.5, 0.6) is 0 Å². The summed E-state index contributed by atoms with van der Waals surface area (Å²) in [5.41, 5.74) is 0. The summed E-state index contributed by atoms with van der Waals surface area (Å²) < 4.78 is 29.9. The number of nitrogens with zero attached hydrogens (tertiary/aromatic N) is 1. The van der Waals surface area contributed by atoms with Crippen LogP contribution in [0.15, 0.2) is 0 Å². The third-order valence-corrected chi connectivity index (χ3v) is 4.65. The van der Waals surface area contributed by atoms with Crippen LogP contribution in [0, 0.1) is 0 Å². The minimum atomic E-state index is -3.16. The van der Waals surface area contributed by atoms with Crippen molar-refractivity contribution in [2.75, 3.05) is 31.8 Å². The fraction of sp³-hybridized carbons (Fsp3) is 1.00. The highest BCUT2D eigenvalue weighted by Gasteiger charge is 2.28. The molecule has 0 bridgehead atoms. The van der Waals surface area contributed by atoms with Crippen LogP contribution in [-0.4, -0.2) is 50.7 Å². The molecule has 1 rings (SSSR count). The Morgan fingerprint density at radius 2 is 2.29 bits per heavy atom. The molecular weight excluding hydrogens is 226 g/mol. The lowest BCUT2D eigenvalue weighted by Crippen LogP contribution is -2.44. The molecule has 0 spiro atoms. The van der Waals surface area contributed by atoms with Crippen molar-refractivity contribution in [3.63, 3.8) is 0 Å². The Hall–Kier alpha value is 0.160. The summed E-state index contributed by atoms with van der Waals surface area (Å²) in [6, 6.07) is 0. The van der Waals surface area contributed by atoms with Crippen LogP contribution in [0.1, 0.15) is 12.8 Å². The standard InChI is InChI=1S/C8H16ClNO3S/c1-13-8-3-2-5-10(7-8)14(11,12)6-4-9/h8H,2-7H2,1H3. The molecule has 0 amide bonds. The maximum atomic E-state index is 11.6. The highest BCUT2D eigenvalue weighted by molar-refractivity contribution is 7.89. The van der Waals surface area contributed by atoms with E-state index in [9.17, 15) is 8.42 Å². The van der Waals surface area contributed by atoms with Crippen molar-refractivity contribution in [3.8, 4) is 0 Å². The molecule has 0 radical (unpaired) electrons. The van der Waals surface area contributed by atoms with E-state index in [0.29, 0.717) is 13.1 Å². The summed E-state index contributed by atoms with van der Waals surface area (Å²) in [6.45, 7) is 1.06. The monoisotopic (exact) mass is 241 g/mol. The van der Waals surface area contributed by atoms with Crippen LogP contribution in [0.2, 0.25) is 0 Å². The van der Waals surface area contributed by atoms with Crippen LogP contribution in [-0.2, 0) is 14.8 Å². The molecule has 84 valence electrons. The van der Waals surface area contributed by atoms with Crippen molar-refractivity contribution in [3.05, 3.63) is 0 Å². The Balaban J connectivity index is 2.59. The smallest absolute Gasteiger partial charge is 0.215 e. The first-order valence-electron chi connectivity index (χ1n) is 4.66. The first kappa shape index (κ1) is 12.2. The highest BCUT2D eigenvalue weighted by Crippen LogP contribution is 2.16. The molecule has 1 aliphatic rings. The number of methoxy groups -OCH3 is 1. The number of rotatable bonds is 4. The van der Waals surface area contributed by atoms with Crippen molar-refractivity contribution in [1.29, 1.82) is 0 Å². The van der Waals surface area contributed by atoms with Crippen LogP contribution in [0.4, 0.5) is 0 Å². The molecule has 0 aliphatic carbocycles. The molecule has 1 heterocycles. The van der Waals surface area contributed by atoms with Gasteiger partial charge in [0.05, 0.1) is 11.9 Å². The number of ether oxygens (including phenoxy) is 1. The first-order chi connectivity index (χ1) is 6.60. The van der Waals surface area contributed by atoms with Gasteiger partial charge in [-0.3, -0.25) is 0 Å². The zero-order valence-corrected chi connectivity index (χ0v) is 9.85. The second-order valence-corrected chi connectivity index (χ2v) is 5.83. The van der Waals surface area contributed by atoms with Crippen LogP contribution >= 0.6 is 11.6 Å². The molecule has 4 nitrogen and oxygen atoms in total. The SMILES string of the molecule is COC1CCCN(S(=O)(=O)CCCl)C1. The average molecular weight is 242 g/mol. The van der Waals surface area contributed by atoms with Crippen LogP contribution in [0.25, 0.3) is 0 Å². The van der Waals surface area contributed by atoms with E-state index in [1.807, 2.05) is 0 Å². The van der Waals surface area contributed by atoms with Crippen molar-refractivity contribution in [1.82, 2.24) is 4.31 Å². The number of halogens is 1. The van der Waals surface area contributed by atoms with E-state index >= 15 is 0 Å². The zero-order valence-electron chi connectivity index (χ0n) is 8.28. The molecule has 1 saturated heterocycles. The minimum absolute atomic E-state index is 0.0188. The van der Waals surface area contributed by atoms with Crippen molar-refractivity contribution in [2.24, 2.45) is 0 Å². The topological polar surface area (TPSA) is 46.6 Å². The highest BCUT2D eigenvalue weighted by atomic mass is 35.5. The van der Waals surface area contributed by atoms with E-state index in [4.69, 9.17) is 16.3 Å². The van der Waals surface area contributed by atoms with E-state index in [1.165, 1.54) is 4.31 Å². The van der Waals surface area contributed by atoms with Gasteiger partial charge in [0.2, 0.25) is 10.0 Å². The maximum absolute atomic E-state index is 11.6. The van der Waals surface area contributed by atoms with Gasteiger partial charge in [-0.25, -0.2) is 8.42 Å². The Labute approximate surface area is 90.2 Å². The molecule has 14 heavy (non-hydrogen) atoms. The molecule has 0 aromatic carbocycles. The molecule has 0 aromatic heterocycles. The Morgan fingerprint density at radius 3 is 2.86 bits per heavy atom. The Morgan fingerprint density at radius 1 is 1.57 bits per heavy atom. The van der Waals surface area contributed by atoms with Gasteiger partial charge >= 0.3 is 0 Å². The number of alkyl halides is 1. The van der Waals surface area contributed by atoms with Gasteiger partial charge < -0.3 is 4.74 Å². The third kappa shape index (κ3) is 3.08. The second-order valence-electron chi connectivity index (χ2n) is 3.36. The summed E-state index contributed by atoms with van der Waals surface area (Å²) in [6.07, 6.45) is 1.83. The molecule has 1 atom stereocenters. The summed E-state index contributed by atoms with van der Waals surface area (Å²) >= 11 is 5.44. The van der Waals surface area contributed by atoms with Crippen LogP contribution in [0.3, 0.4) is 0 Å². The predicted octanol–water partition coefficient (Wildman–Crippen LogP) is 0.666. The van der Waals surface area contributed by atoms with E-state index < -0.39 is 10.0 Å². The zero-order chi connectivity index (χ0) is 10.6. The van der Waals surface area contributed by atoms with Gasteiger partial charge in [-0.05, 0) is 12.8 Å². The fourth-order valence-electron chi connectivity index (χ4n) is 1.58. The van der Waals surface area contributed by atoms with E-state index in [-0.39, 0.29) is 17.7 Å². The molecule has 1 aliphatic heterocycles. The van der Waals surface area contributed by atoms with E-state index in [0.717, 1.165) is 12.8 Å². The van der Waals surface area contributed by atoms with Gasteiger partial charge in [0.1, 0.15) is 0 Å². The van der Waals surface area contributed by atoms with Crippen molar-refractivity contribution >= 4 is 21.6 Å². The third-order valence-electron chi connectivity index (χ3n) is 2.40. The molecule has 0 aromatic rings. The van der Waals surface area contributed by atoms with Gasteiger partial charge in [-0.1, -0.05) is 0 Å². The van der Waals surface area contributed by atoms with E-state index in [2.05, 4.69) is 0 Å². The predicted molar refractivity (Wildman–Crippen MR) is 56.1 cm³/mol.